The molecule has 0 atom stereocenters. The van der Waals surface area contributed by atoms with Gasteiger partial charge in [0.25, 0.3) is 5.56 Å². The molecule has 4 N–H and O–H groups in total. The first-order valence-corrected chi connectivity index (χ1v) is 13.1. The Bertz CT molecular complexity index is 1860. The lowest BCUT2D eigenvalue weighted by Crippen LogP contribution is -2.46. The molecule has 0 unspecified atom stereocenters. The lowest BCUT2D eigenvalue weighted by molar-refractivity contribution is 0.114. The van der Waals surface area contributed by atoms with Gasteiger partial charge in [-0.3, -0.25) is 25.1 Å². The van der Waals surface area contributed by atoms with E-state index < -0.39 is 23.1 Å². The van der Waals surface area contributed by atoms with Crippen LogP contribution in [0.1, 0.15) is 11.3 Å². The minimum Gasteiger partial charge on any atom is -0.481 e. The van der Waals surface area contributed by atoms with E-state index in [1.807, 2.05) is 19.0 Å². The Balaban J connectivity index is 1.75. The van der Waals surface area contributed by atoms with Crippen LogP contribution >= 0.6 is 0 Å². The van der Waals surface area contributed by atoms with Gasteiger partial charge < -0.3 is 15.0 Å². The number of carbonyl (C=O) groups excluding carboxylic acids is 1. The van der Waals surface area contributed by atoms with Gasteiger partial charge in [-0.1, -0.05) is 18.2 Å². The highest BCUT2D eigenvalue weighted by atomic mass is 19.1. The standard InChI is InChI=1S/C28H30FN9O5/c1-35(2)16-21-24-25(33-38(21)19-11-9-18(10-12-19)30-27(40)34-43-4)36(15-17-7-5-6-8-20(17)29)28(41)37(26(24)39)22-13-14-23(42-3)32-31-22/h5-14,31-32H,15-16H2,1-4H3,(H2,30,34,40). The van der Waals surface area contributed by atoms with Crippen molar-refractivity contribution >= 4 is 28.6 Å². The summed E-state index contributed by atoms with van der Waals surface area (Å²) in [5, 5.41) is 7.53. The van der Waals surface area contributed by atoms with Crippen LogP contribution in [0, 0.1) is 5.82 Å². The fourth-order valence-electron chi connectivity index (χ4n) is 4.62. The van der Waals surface area contributed by atoms with E-state index in [-0.39, 0.29) is 35.5 Å². The Morgan fingerprint density at radius 2 is 1.79 bits per heavy atom. The summed E-state index contributed by atoms with van der Waals surface area (Å²) in [5.74, 6) is 0.0230. The molecule has 0 saturated heterocycles. The number of nitrogens with zero attached hydrogens (tertiary/aromatic N) is 5. The molecule has 1 aliphatic heterocycles. The second kappa shape index (κ2) is 12.2. The number of carbonyl (C=O) groups is 1. The second-order valence-corrected chi connectivity index (χ2v) is 9.74. The zero-order chi connectivity index (χ0) is 30.7. The monoisotopic (exact) mass is 591 g/mol. The highest BCUT2D eigenvalue weighted by molar-refractivity contribution is 5.88. The van der Waals surface area contributed by atoms with Gasteiger partial charge in [-0.15, -0.1) is 5.10 Å². The SMILES string of the molecule is CONC(=O)Nc1ccc(-n2nc3c(c2CN(C)C)c(=O)n(C2=CC=C(OC)NN2)c(=O)n3Cc2ccccc2F)cc1. The molecule has 0 aliphatic carbocycles. The molecule has 0 spiro atoms. The van der Waals surface area contributed by atoms with Gasteiger partial charge in [0.15, 0.2) is 5.65 Å². The van der Waals surface area contributed by atoms with Crippen molar-refractivity contribution in [2.45, 2.75) is 13.1 Å². The summed E-state index contributed by atoms with van der Waals surface area (Å²) in [6.45, 7) is 0.0936. The lowest BCUT2D eigenvalue weighted by atomic mass is 10.2. The first-order chi connectivity index (χ1) is 20.7. The summed E-state index contributed by atoms with van der Waals surface area (Å²) < 4.78 is 23.8. The molecule has 0 saturated carbocycles. The van der Waals surface area contributed by atoms with Crippen molar-refractivity contribution in [2.24, 2.45) is 0 Å². The smallest absolute Gasteiger partial charge is 0.343 e. The van der Waals surface area contributed by atoms with Gasteiger partial charge in [0.2, 0.25) is 5.88 Å². The average molecular weight is 592 g/mol. The number of methoxy groups -OCH3 is 1. The van der Waals surface area contributed by atoms with Gasteiger partial charge in [-0.05, 0) is 50.5 Å². The molecule has 4 aromatic rings. The molecule has 2 aromatic carbocycles. The molecule has 0 radical (unpaired) electrons. The van der Waals surface area contributed by atoms with E-state index in [4.69, 9.17) is 9.84 Å². The quantitative estimate of drug-likeness (QED) is 0.213. The number of fused-ring (bicyclic) bond motifs is 1. The maximum Gasteiger partial charge on any atom is 0.343 e. The molecular weight excluding hydrogens is 561 g/mol. The number of hydrazine groups is 1. The third kappa shape index (κ3) is 5.84. The van der Waals surface area contributed by atoms with Crippen LogP contribution in [-0.4, -0.2) is 58.2 Å². The first kappa shape index (κ1) is 29.1. The fourth-order valence-corrected chi connectivity index (χ4v) is 4.62. The summed E-state index contributed by atoms with van der Waals surface area (Å²) in [6, 6.07) is 12.3. The fraction of sp³-hybridized carbons (Fsp3) is 0.214. The minimum atomic E-state index is -0.722. The van der Waals surface area contributed by atoms with Gasteiger partial charge in [-0.25, -0.2) is 28.7 Å². The van der Waals surface area contributed by atoms with Gasteiger partial charge >= 0.3 is 11.7 Å². The number of nitrogens with one attached hydrogen (secondary N) is 4. The maximum absolute atomic E-state index is 14.8. The van der Waals surface area contributed by atoms with Crippen LogP contribution in [0.15, 0.2) is 76.2 Å². The van der Waals surface area contributed by atoms with E-state index in [1.54, 1.807) is 53.2 Å². The number of halogens is 1. The summed E-state index contributed by atoms with van der Waals surface area (Å²) in [6.07, 6.45) is 3.09. The Hall–Kier alpha value is -5.41. The van der Waals surface area contributed by atoms with Crippen LogP contribution in [0.25, 0.3) is 22.5 Å². The molecule has 3 heterocycles. The molecule has 43 heavy (non-hydrogen) atoms. The molecule has 14 nitrogen and oxygen atoms in total. The normalized spacial score (nSPS) is 12.8. The molecule has 0 fully saturated rings. The molecule has 0 bridgehead atoms. The van der Waals surface area contributed by atoms with E-state index in [0.717, 1.165) is 4.57 Å². The van der Waals surface area contributed by atoms with Crippen molar-refractivity contribution in [2.75, 3.05) is 33.6 Å². The number of urea groups is 1. The number of ether oxygens (including phenoxy) is 1. The first-order valence-electron chi connectivity index (χ1n) is 13.1. The van der Waals surface area contributed by atoms with Crippen LogP contribution in [0.4, 0.5) is 14.9 Å². The molecule has 2 aromatic heterocycles. The summed E-state index contributed by atoms with van der Waals surface area (Å²) in [7, 11) is 6.47. The Morgan fingerprint density at radius 3 is 2.42 bits per heavy atom. The minimum absolute atomic E-state index is 0.0884. The molecule has 1 aliphatic rings. The molecule has 224 valence electrons. The van der Waals surface area contributed by atoms with Crippen molar-refractivity contribution in [3.63, 3.8) is 0 Å². The largest absolute Gasteiger partial charge is 0.481 e. The highest BCUT2D eigenvalue weighted by Gasteiger charge is 2.26. The van der Waals surface area contributed by atoms with Crippen molar-refractivity contribution in [3.05, 3.63) is 104 Å². The summed E-state index contributed by atoms with van der Waals surface area (Å²) >= 11 is 0. The molecule has 15 heteroatoms. The van der Waals surface area contributed by atoms with Gasteiger partial charge in [-0.2, -0.15) is 0 Å². The number of benzene rings is 2. The van der Waals surface area contributed by atoms with Crippen LogP contribution in [0.2, 0.25) is 0 Å². The van der Waals surface area contributed by atoms with Crippen LogP contribution < -0.4 is 32.9 Å². The van der Waals surface area contributed by atoms with Crippen LogP contribution in [0.5, 0.6) is 0 Å². The molecule has 2 amide bonds. The van der Waals surface area contributed by atoms with Gasteiger partial charge in [0.1, 0.15) is 17.0 Å². The number of amides is 2. The van der Waals surface area contributed by atoms with E-state index >= 15 is 0 Å². The predicted molar refractivity (Wildman–Crippen MR) is 157 cm³/mol. The van der Waals surface area contributed by atoms with Crippen molar-refractivity contribution in [1.82, 2.24) is 40.1 Å². The van der Waals surface area contributed by atoms with Gasteiger partial charge in [0, 0.05) is 23.9 Å². The Kier molecular flexibility index (Phi) is 8.27. The zero-order valence-corrected chi connectivity index (χ0v) is 23.8. The van der Waals surface area contributed by atoms with E-state index in [2.05, 4.69) is 26.5 Å². The molecular formula is C28H30FN9O5. The number of hydrogen-bond donors (Lipinski definition) is 4. The van der Waals surface area contributed by atoms with Gasteiger partial charge in [0.05, 0.1) is 32.1 Å². The van der Waals surface area contributed by atoms with Crippen molar-refractivity contribution < 1.29 is 18.8 Å². The topological polar surface area (TPSA) is 149 Å². The van der Waals surface area contributed by atoms with E-state index in [9.17, 15) is 18.8 Å². The number of hydrogen-bond acceptors (Lipinski definition) is 9. The van der Waals surface area contributed by atoms with E-state index in [0.29, 0.717) is 23.0 Å². The third-order valence-corrected chi connectivity index (χ3v) is 6.54. The number of hydroxylamine groups is 1. The zero-order valence-electron chi connectivity index (χ0n) is 23.8. The Labute approximate surface area is 244 Å². The van der Waals surface area contributed by atoms with E-state index in [1.165, 1.54) is 30.9 Å². The second-order valence-electron chi connectivity index (χ2n) is 9.74. The summed E-state index contributed by atoms with van der Waals surface area (Å²) in [5.41, 5.74) is 8.32. The predicted octanol–water partition coefficient (Wildman–Crippen LogP) is 1.67. The molecule has 5 rings (SSSR count). The lowest BCUT2D eigenvalue weighted by Gasteiger charge is -2.20. The van der Waals surface area contributed by atoms with Crippen molar-refractivity contribution in [1.29, 1.82) is 0 Å². The number of allylic oxidation sites excluding steroid dienone is 2. The average Bonchev–Trinajstić information content (AvgIpc) is 3.35. The highest BCUT2D eigenvalue weighted by Crippen LogP contribution is 2.23. The number of rotatable bonds is 9. The number of anilines is 1. The van der Waals surface area contributed by atoms with Crippen LogP contribution in [0.3, 0.4) is 0 Å². The van der Waals surface area contributed by atoms with Crippen molar-refractivity contribution in [3.8, 4) is 5.69 Å². The number of aromatic nitrogens is 4. The maximum atomic E-state index is 14.8. The van der Waals surface area contributed by atoms with Crippen LogP contribution in [-0.2, 0) is 22.7 Å². The Morgan fingerprint density at radius 1 is 1.05 bits per heavy atom. The summed E-state index contributed by atoms with van der Waals surface area (Å²) in [4.78, 5) is 46.4. The third-order valence-electron chi connectivity index (χ3n) is 6.54.